The minimum atomic E-state index is 0.173. The van der Waals surface area contributed by atoms with Crippen molar-refractivity contribution in [2.24, 2.45) is 0 Å². The van der Waals surface area contributed by atoms with E-state index in [0.29, 0.717) is 13.2 Å². The highest BCUT2D eigenvalue weighted by Gasteiger charge is 2.21. The van der Waals surface area contributed by atoms with E-state index < -0.39 is 0 Å². The van der Waals surface area contributed by atoms with E-state index in [0.717, 1.165) is 65.6 Å². The topological polar surface area (TPSA) is 47.4 Å². The van der Waals surface area contributed by atoms with Crippen LogP contribution in [-0.2, 0) is 17.8 Å². The first-order chi connectivity index (χ1) is 14.8. The van der Waals surface area contributed by atoms with Gasteiger partial charge in [0.1, 0.15) is 12.3 Å². The quantitative estimate of drug-likeness (QED) is 0.289. The summed E-state index contributed by atoms with van der Waals surface area (Å²) < 4.78 is 8.05. The van der Waals surface area contributed by atoms with Crippen molar-refractivity contribution in [2.75, 3.05) is 25.4 Å². The highest BCUT2D eigenvalue weighted by Crippen LogP contribution is 2.25. The number of carbonyl (C=O) groups excluding carboxylic acids is 1. The molecule has 1 fully saturated rings. The lowest BCUT2D eigenvalue weighted by Gasteiger charge is -2.17. The lowest BCUT2D eigenvalue weighted by Crippen LogP contribution is -2.31. The molecule has 0 spiro atoms. The Balaban J connectivity index is 1.43. The number of hydrogen-bond donors (Lipinski definition) is 0. The predicted molar refractivity (Wildman–Crippen MR) is 122 cm³/mol. The number of rotatable bonds is 9. The Morgan fingerprint density at radius 3 is 2.73 bits per heavy atom. The Bertz CT molecular complexity index is 1020. The second-order valence-electron chi connectivity index (χ2n) is 7.35. The number of carbonyl (C=O) groups is 1. The zero-order valence-corrected chi connectivity index (χ0v) is 17.9. The van der Waals surface area contributed by atoms with Crippen molar-refractivity contribution in [3.8, 4) is 5.75 Å². The summed E-state index contributed by atoms with van der Waals surface area (Å²) in [5.41, 5.74) is 3.07. The van der Waals surface area contributed by atoms with Crippen molar-refractivity contribution >= 4 is 28.7 Å². The monoisotopic (exact) mass is 421 g/mol. The number of allylic oxidation sites excluding steroid dienone is 1. The van der Waals surface area contributed by atoms with Gasteiger partial charge in [-0.1, -0.05) is 48.2 Å². The molecule has 0 N–H and O–H groups in total. The molecule has 156 valence electrons. The van der Waals surface area contributed by atoms with Crippen LogP contribution in [0.3, 0.4) is 0 Å². The molecule has 0 unspecified atom stereocenters. The third-order valence-corrected chi connectivity index (χ3v) is 6.22. The number of benzene rings is 2. The molecule has 2 heterocycles. The molecular formula is C24H27N3O2S. The molecule has 0 saturated carbocycles. The normalized spacial score (nSPS) is 13.7. The summed E-state index contributed by atoms with van der Waals surface area (Å²) in [7, 11) is 0. The molecule has 0 bridgehead atoms. The molecule has 1 saturated heterocycles. The first-order valence-electron chi connectivity index (χ1n) is 10.4. The summed E-state index contributed by atoms with van der Waals surface area (Å²) >= 11 is 1.63. The Labute approximate surface area is 181 Å². The zero-order valence-electron chi connectivity index (χ0n) is 17.1. The fourth-order valence-corrected chi connectivity index (χ4v) is 4.60. The first-order valence-corrected chi connectivity index (χ1v) is 11.4. The van der Waals surface area contributed by atoms with Crippen molar-refractivity contribution in [3.63, 3.8) is 0 Å². The van der Waals surface area contributed by atoms with Crippen LogP contribution in [0.2, 0.25) is 0 Å². The van der Waals surface area contributed by atoms with Gasteiger partial charge >= 0.3 is 0 Å². The van der Waals surface area contributed by atoms with Gasteiger partial charge in [0.15, 0.2) is 5.16 Å². The summed E-state index contributed by atoms with van der Waals surface area (Å²) in [4.78, 5) is 19.5. The van der Waals surface area contributed by atoms with Crippen molar-refractivity contribution in [3.05, 3.63) is 66.7 Å². The van der Waals surface area contributed by atoms with Gasteiger partial charge in [0.05, 0.1) is 17.6 Å². The summed E-state index contributed by atoms with van der Waals surface area (Å²) in [6.45, 7) is 6.46. The van der Waals surface area contributed by atoms with E-state index in [4.69, 9.17) is 9.72 Å². The molecule has 1 aliphatic heterocycles. The van der Waals surface area contributed by atoms with Gasteiger partial charge in [0.2, 0.25) is 5.91 Å². The lowest BCUT2D eigenvalue weighted by atomic mass is 10.1. The number of para-hydroxylation sites is 3. The first kappa shape index (κ1) is 20.5. The second-order valence-corrected chi connectivity index (χ2v) is 8.42. The van der Waals surface area contributed by atoms with E-state index >= 15 is 0 Å². The zero-order chi connectivity index (χ0) is 20.8. The van der Waals surface area contributed by atoms with Crippen LogP contribution in [0, 0.1) is 0 Å². The molecule has 30 heavy (non-hydrogen) atoms. The maximum atomic E-state index is 12.8. The number of fused-ring (bicyclic) bond motifs is 1. The summed E-state index contributed by atoms with van der Waals surface area (Å²) in [6.07, 6.45) is 4.87. The Morgan fingerprint density at radius 1 is 1.13 bits per heavy atom. The van der Waals surface area contributed by atoms with E-state index in [9.17, 15) is 4.79 Å². The fourth-order valence-electron chi connectivity index (χ4n) is 3.77. The van der Waals surface area contributed by atoms with Gasteiger partial charge in [-0.3, -0.25) is 4.79 Å². The van der Waals surface area contributed by atoms with Crippen LogP contribution in [0.15, 0.2) is 66.3 Å². The average Bonchev–Trinajstić information content (AvgIpc) is 3.41. The van der Waals surface area contributed by atoms with Crippen LogP contribution in [-0.4, -0.2) is 45.8 Å². The van der Waals surface area contributed by atoms with E-state index in [-0.39, 0.29) is 5.91 Å². The number of hydrogen-bond acceptors (Lipinski definition) is 4. The summed E-state index contributed by atoms with van der Waals surface area (Å²) in [5.74, 6) is 1.83. The third-order valence-electron chi connectivity index (χ3n) is 5.28. The molecule has 5 nitrogen and oxygen atoms in total. The molecule has 1 aromatic heterocycles. The van der Waals surface area contributed by atoms with Gasteiger partial charge in [-0.2, -0.15) is 0 Å². The van der Waals surface area contributed by atoms with Crippen LogP contribution in [0.4, 0.5) is 0 Å². The number of nitrogens with zero attached hydrogens (tertiary/aromatic N) is 3. The van der Waals surface area contributed by atoms with Crippen LogP contribution >= 0.6 is 11.8 Å². The molecule has 3 aromatic rings. The van der Waals surface area contributed by atoms with Gasteiger partial charge in [0.25, 0.3) is 0 Å². The average molecular weight is 422 g/mol. The van der Waals surface area contributed by atoms with E-state index in [1.807, 2.05) is 58.0 Å². The molecular weight excluding hydrogens is 394 g/mol. The number of likely N-dealkylation sites (tertiary alicyclic amines) is 1. The van der Waals surface area contributed by atoms with Crippen LogP contribution in [0.5, 0.6) is 5.75 Å². The third kappa shape index (κ3) is 4.70. The van der Waals surface area contributed by atoms with Gasteiger partial charge in [-0.05, 0) is 43.0 Å². The van der Waals surface area contributed by atoms with Crippen molar-refractivity contribution in [1.82, 2.24) is 14.5 Å². The SMILES string of the molecule is C=CCc1ccccc1OCCSc1nc2ccccc2n1CC(=O)N1CCCC1. The minimum absolute atomic E-state index is 0.173. The maximum absolute atomic E-state index is 12.8. The molecule has 0 atom stereocenters. The summed E-state index contributed by atoms with van der Waals surface area (Å²) in [5, 5.41) is 0.867. The second kappa shape index (κ2) is 9.85. The van der Waals surface area contributed by atoms with Gasteiger partial charge in [-0.25, -0.2) is 4.98 Å². The number of thioether (sulfide) groups is 1. The molecule has 1 amide bonds. The molecule has 1 aliphatic rings. The van der Waals surface area contributed by atoms with Gasteiger partial charge in [0, 0.05) is 18.8 Å². The van der Waals surface area contributed by atoms with Crippen LogP contribution in [0.1, 0.15) is 18.4 Å². The lowest BCUT2D eigenvalue weighted by molar-refractivity contribution is -0.130. The Kier molecular flexibility index (Phi) is 6.74. The highest BCUT2D eigenvalue weighted by atomic mass is 32.2. The van der Waals surface area contributed by atoms with Crippen molar-refractivity contribution < 1.29 is 9.53 Å². The van der Waals surface area contributed by atoms with Crippen LogP contribution in [0.25, 0.3) is 11.0 Å². The fraction of sp³-hybridized carbons (Fsp3) is 0.333. The number of aromatic nitrogens is 2. The van der Waals surface area contributed by atoms with Crippen molar-refractivity contribution in [1.29, 1.82) is 0 Å². The van der Waals surface area contributed by atoms with Gasteiger partial charge in [-0.15, -0.1) is 6.58 Å². The number of amides is 1. The van der Waals surface area contributed by atoms with Crippen LogP contribution < -0.4 is 4.74 Å². The van der Waals surface area contributed by atoms with Gasteiger partial charge < -0.3 is 14.2 Å². The maximum Gasteiger partial charge on any atom is 0.242 e. The smallest absolute Gasteiger partial charge is 0.242 e. The van der Waals surface area contributed by atoms with E-state index in [1.54, 1.807) is 11.8 Å². The molecule has 0 aliphatic carbocycles. The standard InChI is InChI=1S/C24H27N3O2S/c1-2-9-19-10-3-6-13-22(19)29-16-17-30-24-25-20-11-4-5-12-21(20)27(24)18-23(28)26-14-7-8-15-26/h2-6,10-13H,1,7-9,14-18H2. The molecule has 0 radical (unpaired) electrons. The molecule has 6 heteroatoms. The van der Waals surface area contributed by atoms with E-state index in [2.05, 4.69) is 12.6 Å². The minimum Gasteiger partial charge on any atom is -0.492 e. The highest BCUT2D eigenvalue weighted by molar-refractivity contribution is 7.99. The number of ether oxygens (including phenoxy) is 1. The Morgan fingerprint density at radius 2 is 1.90 bits per heavy atom. The summed E-state index contributed by atoms with van der Waals surface area (Å²) in [6, 6.07) is 16.1. The largest absolute Gasteiger partial charge is 0.492 e. The van der Waals surface area contributed by atoms with Crippen molar-refractivity contribution in [2.45, 2.75) is 31.0 Å². The molecule has 4 rings (SSSR count). The Hall–Kier alpha value is -2.73. The molecule has 2 aromatic carbocycles. The predicted octanol–water partition coefficient (Wildman–Crippen LogP) is 4.56. The number of imidazole rings is 1. The van der Waals surface area contributed by atoms with E-state index in [1.165, 1.54) is 0 Å².